The lowest BCUT2D eigenvalue weighted by atomic mass is 10.1. The maximum Gasteiger partial charge on any atom is 0.164 e. The van der Waals surface area contributed by atoms with Gasteiger partial charge in [0, 0.05) is 18.7 Å². The Morgan fingerprint density at radius 2 is 2.15 bits per heavy atom. The molecule has 2 rings (SSSR count). The lowest BCUT2D eigenvalue weighted by molar-refractivity contribution is 0.284. The number of benzene rings is 1. The van der Waals surface area contributed by atoms with Crippen LogP contribution >= 0.6 is 0 Å². The Labute approximate surface area is 120 Å². The maximum atomic E-state index is 5.91. The zero-order valence-electron chi connectivity index (χ0n) is 12.4. The third kappa shape index (κ3) is 3.57. The zero-order valence-corrected chi connectivity index (χ0v) is 12.4. The number of aromatic nitrogens is 3. The predicted octanol–water partition coefficient (Wildman–Crippen LogP) is 2.29. The van der Waals surface area contributed by atoms with E-state index in [1.54, 1.807) is 6.33 Å². The van der Waals surface area contributed by atoms with Crippen LogP contribution < -0.4 is 10.1 Å². The molecule has 0 saturated carbocycles. The van der Waals surface area contributed by atoms with Crippen molar-refractivity contribution < 1.29 is 4.74 Å². The van der Waals surface area contributed by atoms with Gasteiger partial charge in [-0.3, -0.25) is 0 Å². The molecule has 5 nitrogen and oxygen atoms in total. The lowest BCUT2D eigenvalue weighted by Gasteiger charge is -2.12. The van der Waals surface area contributed by atoms with Gasteiger partial charge in [0.15, 0.2) is 5.82 Å². The maximum absolute atomic E-state index is 5.91. The van der Waals surface area contributed by atoms with Crippen molar-refractivity contribution in [1.29, 1.82) is 0 Å². The van der Waals surface area contributed by atoms with Gasteiger partial charge in [-0.05, 0) is 26.5 Å². The van der Waals surface area contributed by atoms with Gasteiger partial charge in [-0.25, -0.2) is 9.67 Å². The molecule has 1 N–H and O–H groups in total. The van der Waals surface area contributed by atoms with Crippen LogP contribution in [0.5, 0.6) is 5.75 Å². The molecule has 5 heteroatoms. The second-order valence-electron chi connectivity index (χ2n) is 4.67. The van der Waals surface area contributed by atoms with Crippen molar-refractivity contribution in [3.63, 3.8) is 0 Å². The molecule has 0 fully saturated rings. The fourth-order valence-electron chi connectivity index (χ4n) is 2.05. The lowest BCUT2D eigenvalue weighted by Crippen LogP contribution is -2.14. The first kappa shape index (κ1) is 14.5. The normalized spacial score (nSPS) is 10.8. The minimum absolute atomic E-state index is 0.441. The van der Waals surface area contributed by atoms with E-state index in [2.05, 4.69) is 41.4 Å². The van der Waals surface area contributed by atoms with E-state index in [1.807, 2.05) is 17.7 Å². The van der Waals surface area contributed by atoms with Crippen molar-refractivity contribution in [2.45, 2.75) is 40.5 Å². The van der Waals surface area contributed by atoms with Gasteiger partial charge in [0.2, 0.25) is 0 Å². The molecule has 0 saturated heterocycles. The van der Waals surface area contributed by atoms with E-state index in [0.29, 0.717) is 6.61 Å². The van der Waals surface area contributed by atoms with Crippen LogP contribution in [0.4, 0.5) is 0 Å². The molecule has 0 radical (unpaired) electrons. The van der Waals surface area contributed by atoms with Crippen molar-refractivity contribution in [2.24, 2.45) is 0 Å². The summed E-state index contributed by atoms with van der Waals surface area (Å²) < 4.78 is 7.76. The topological polar surface area (TPSA) is 52.0 Å². The number of nitrogens with one attached hydrogen (secondary N) is 1. The smallest absolute Gasteiger partial charge is 0.164 e. The van der Waals surface area contributed by atoms with Crippen LogP contribution in [0.1, 0.15) is 30.8 Å². The van der Waals surface area contributed by atoms with E-state index >= 15 is 0 Å². The van der Waals surface area contributed by atoms with Crippen molar-refractivity contribution in [1.82, 2.24) is 20.1 Å². The highest BCUT2D eigenvalue weighted by molar-refractivity contribution is 5.36. The summed E-state index contributed by atoms with van der Waals surface area (Å²) in [5.74, 6) is 1.75. The highest BCUT2D eigenvalue weighted by Crippen LogP contribution is 2.21. The Hall–Kier alpha value is -1.88. The van der Waals surface area contributed by atoms with Gasteiger partial charge < -0.3 is 10.1 Å². The minimum atomic E-state index is 0.441. The van der Waals surface area contributed by atoms with Gasteiger partial charge >= 0.3 is 0 Å². The molecule has 0 spiro atoms. The molecule has 0 aliphatic heterocycles. The Bertz CT molecular complexity index is 551. The van der Waals surface area contributed by atoms with Crippen LogP contribution in [-0.2, 0) is 19.7 Å². The van der Waals surface area contributed by atoms with Crippen molar-refractivity contribution in [3.05, 3.63) is 41.5 Å². The third-order valence-corrected chi connectivity index (χ3v) is 3.13. The first-order valence-corrected chi connectivity index (χ1v) is 7.04. The number of nitrogens with zero attached hydrogens (tertiary/aromatic N) is 3. The van der Waals surface area contributed by atoms with Crippen LogP contribution in [0.2, 0.25) is 0 Å². The van der Waals surface area contributed by atoms with Gasteiger partial charge in [0.1, 0.15) is 18.7 Å². The summed E-state index contributed by atoms with van der Waals surface area (Å²) in [4.78, 5) is 4.22. The molecule has 0 aliphatic carbocycles. The molecule has 1 heterocycles. The monoisotopic (exact) mass is 274 g/mol. The van der Waals surface area contributed by atoms with Crippen LogP contribution in [0.3, 0.4) is 0 Å². The van der Waals surface area contributed by atoms with E-state index in [0.717, 1.165) is 31.2 Å². The van der Waals surface area contributed by atoms with Crippen molar-refractivity contribution >= 4 is 0 Å². The van der Waals surface area contributed by atoms with Crippen LogP contribution in [0.15, 0.2) is 24.5 Å². The second kappa shape index (κ2) is 7.05. The van der Waals surface area contributed by atoms with Gasteiger partial charge in [-0.1, -0.05) is 24.6 Å². The number of ether oxygens (including phenoxy) is 1. The van der Waals surface area contributed by atoms with Gasteiger partial charge in [0.05, 0.1) is 0 Å². The van der Waals surface area contributed by atoms with E-state index in [1.165, 1.54) is 11.1 Å². The van der Waals surface area contributed by atoms with Crippen molar-refractivity contribution in [3.8, 4) is 5.75 Å². The van der Waals surface area contributed by atoms with Crippen LogP contribution in [0, 0.1) is 6.92 Å². The Kier molecular flexibility index (Phi) is 5.12. The number of aryl methyl sites for hydroxylation is 2. The van der Waals surface area contributed by atoms with Gasteiger partial charge in [-0.2, -0.15) is 5.10 Å². The summed E-state index contributed by atoms with van der Waals surface area (Å²) in [6, 6.07) is 6.24. The second-order valence-corrected chi connectivity index (χ2v) is 4.67. The molecule has 0 aliphatic rings. The molecule has 108 valence electrons. The molecular formula is C15H22N4O. The largest absolute Gasteiger partial charge is 0.485 e. The van der Waals surface area contributed by atoms with Crippen LogP contribution in [0.25, 0.3) is 0 Å². The van der Waals surface area contributed by atoms with E-state index in [4.69, 9.17) is 4.74 Å². The van der Waals surface area contributed by atoms with Crippen molar-refractivity contribution in [2.75, 3.05) is 6.54 Å². The van der Waals surface area contributed by atoms with E-state index < -0.39 is 0 Å². The number of hydrogen-bond donors (Lipinski definition) is 1. The SMILES string of the molecule is CCNCc1cc(C)ccc1OCc1ncnn1CC. The summed E-state index contributed by atoms with van der Waals surface area (Å²) in [7, 11) is 0. The number of hydrogen-bond acceptors (Lipinski definition) is 4. The molecule has 0 amide bonds. The summed E-state index contributed by atoms with van der Waals surface area (Å²) in [5, 5.41) is 7.48. The highest BCUT2D eigenvalue weighted by Gasteiger charge is 2.07. The Morgan fingerprint density at radius 1 is 1.30 bits per heavy atom. The summed E-state index contributed by atoms with van der Waals surface area (Å²) in [5.41, 5.74) is 2.41. The molecule has 0 atom stereocenters. The molecular weight excluding hydrogens is 252 g/mol. The first-order chi connectivity index (χ1) is 9.74. The van der Waals surface area contributed by atoms with E-state index in [9.17, 15) is 0 Å². The molecule has 1 aromatic heterocycles. The predicted molar refractivity (Wildman–Crippen MR) is 78.6 cm³/mol. The Balaban J connectivity index is 2.08. The fraction of sp³-hybridized carbons (Fsp3) is 0.467. The molecule has 0 bridgehead atoms. The Morgan fingerprint density at radius 3 is 2.90 bits per heavy atom. The van der Waals surface area contributed by atoms with Gasteiger partial charge in [0.25, 0.3) is 0 Å². The highest BCUT2D eigenvalue weighted by atomic mass is 16.5. The summed E-state index contributed by atoms with van der Waals surface area (Å²) >= 11 is 0. The molecule has 0 unspecified atom stereocenters. The quantitative estimate of drug-likeness (QED) is 0.841. The zero-order chi connectivity index (χ0) is 14.4. The first-order valence-electron chi connectivity index (χ1n) is 7.04. The average Bonchev–Trinajstić information content (AvgIpc) is 2.91. The summed E-state index contributed by atoms with van der Waals surface area (Å²) in [6.07, 6.45) is 1.57. The van der Waals surface area contributed by atoms with E-state index in [-0.39, 0.29) is 0 Å². The average molecular weight is 274 g/mol. The third-order valence-electron chi connectivity index (χ3n) is 3.13. The van der Waals surface area contributed by atoms with Crippen LogP contribution in [-0.4, -0.2) is 21.3 Å². The standard InChI is InChI=1S/C15H22N4O/c1-4-16-9-13-8-12(3)6-7-14(13)20-10-15-17-11-18-19(15)5-2/h6-8,11,16H,4-5,9-10H2,1-3H3. The molecule has 2 aromatic rings. The minimum Gasteiger partial charge on any atom is -0.485 e. The number of rotatable bonds is 7. The molecule has 20 heavy (non-hydrogen) atoms. The van der Waals surface area contributed by atoms with Gasteiger partial charge in [-0.15, -0.1) is 0 Å². The molecule has 1 aromatic carbocycles. The fourth-order valence-corrected chi connectivity index (χ4v) is 2.05. The summed E-state index contributed by atoms with van der Waals surface area (Å²) in [6.45, 7) is 9.23.